The number of nitrogens with zero attached hydrogens (tertiary/aromatic N) is 3. The molecule has 2 atom stereocenters. The Bertz CT molecular complexity index is 910. The highest BCUT2D eigenvalue weighted by Crippen LogP contribution is 2.28. The smallest absolute Gasteiger partial charge is 0.410 e. The maximum Gasteiger partial charge on any atom is 0.410 e. The summed E-state index contributed by atoms with van der Waals surface area (Å²) < 4.78 is 5.37. The number of carbonyl (C=O) groups is 3. The topological polar surface area (TPSA) is 94.2 Å². The van der Waals surface area contributed by atoms with Crippen molar-refractivity contribution in [2.45, 2.75) is 38.1 Å². The van der Waals surface area contributed by atoms with Gasteiger partial charge in [-0.25, -0.2) is 9.59 Å². The molecule has 0 radical (unpaired) electrons. The Morgan fingerprint density at radius 3 is 2.56 bits per heavy atom. The van der Waals surface area contributed by atoms with Crippen molar-refractivity contribution in [1.82, 2.24) is 20.0 Å². The van der Waals surface area contributed by atoms with E-state index in [0.29, 0.717) is 44.3 Å². The van der Waals surface area contributed by atoms with Crippen LogP contribution in [0.5, 0.6) is 0 Å². The fourth-order valence-electron chi connectivity index (χ4n) is 5.88. The first-order chi connectivity index (χ1) is 16.6. The molecular weight excluding hydrogens is 434 g/mol. The number of carbonyl (C=O) groups excluding carboxylic acids is 3. The molecular formula is C25H35N5O4. The number of nitrogens with one attached hydrogen (secondary N) is 2. The lowest BCUT2D eigenvalue weighted by Gasteiger charge is -2.37. The molecule has 2 N–H and O–H groups in total. The summed E-state index contributed by atoms with van der Waals surface area (Å²) in [6.45, 7) is 5.16. The van der Waals surface area contributed by atoms with Crippen LogP contribution in [-0.2, 0) is 16.0 Å². The minimum absolute atomic E-state index is 0.0751. The molecule has 4 aliphatic rings. The van der Waals surface area contributed by atoms with Gasteiger partial charge in [0.2, 0.25) is 0 Å². The number of ether oxygens (including phenoxy) is 1. The molecule has 4 amide bonds. The van der Waals surface area contributed by atoms with Gasteiger partial charge < -0.3 is 30.1 Å². The van der Waals surface area contributed by atoms with Crippen LogP contribution >= 0.6 is 0 Å². The van der Waals surface area contributed by atoms with Gasteiger partial charge >= 0.3 is 12.1 Å². The summed E-state index contributed by atoms with van der Waals surface area (Å²) in [5.74, 6) is 1.11. The van der Waals surface area contributed by atoms with E-state index >= 15 is 0 Å². The Morgan fingerprint density at radius 2 is 1.76 bits per heavy atom. The van der Waals surface area contributed by atoms with E-state index in [4.69, 9.17) is 4.74 Å². The molecule has 3 saturated heterocycles. The first kappa shape index (κ1) is 23.0. The molecule has 9 nitrogen and oxygen atoms in total. The van der Waals surface area contributed by atoms with E-state index in [0.717, 1.165) is 50.3 Å². The minimum Gasteiger partial charge on any atom is -0.439 e. The second kappa shape index (κ2) is 10.2. The number of hydrogen-bond acceptors (Lipinski definition) is 5. The van der Waals surface area contributed by atoms with Crippen LogP contribution in [0.15, 0.2) is 24.3 Å². The van der Waals surface area contributed by atoms with Crippen LogP contribution in [0.25, 0.3) is 0 Å². The third-order valence-electron chi connectivity index (χ3n) is 7.97. The van der Waals surface area contributed by atoms with Crippen LogP contribution < -0.4 is 10.6 Å². The fraction of sp³-hybridized carbons (Fsp3) is 0.640. The number of anilines is 1. The number of hydrogen-bond donors (Lipinski definition) is 2. The Hall–Kier alpha value is -2.81. The molecule has 0 bridgehead atoms. The summed E-state index contributed by atoms with van der Waals surface area (Å²) in [6, 6.07) is 7.92. The van der Waals surface area contributed by atoms with Crippen molar-refractivity contribution in [2.75, 3.05) is 57.7 Å². The molecule has 0 saturated carbocycles. The van der Waals surface area contributed by atoms with Crippen molar-refractivity contribution in [3.05, 3.63) is 29.8 Å². The molecule has 4 aliphatic heterocycles. The standard InChI is InChI=1S/C25H35N5O4/c31-23(29-11-6-20(16-29)19-5-10-26-15-19)17-34-25(33)28-12-8-21(9-13-28)30-14-7-18-3-1-2-4-22(18)27-24(30)32/h1-4,19-21,26H,5-17H2,(H,27,32). The number of benzene rings is 1. The molecule has 1 aromatic rings. The van der Waals surface area contributed by atoms with Crippen molar-refractivity contribution in [3.8, 4) is 0 Å². The highest BCUT2D eigenvalue weighted by molar-refractivity contribution is 5.91. The predicted octanol–water partition coefficient (Wildman–Crippen LogP) is 2.14. The van der Waals surface area contributed by atoms with Crippen molar-refractivity contribution < 1.29 is 19.1 Å². The van der Waals surface area contributed by atoms with Gasteiger partial charge in [0.15, 0.2) is 6.61 Å². The molecule has 0 aliphatic carbocycles. The van der Waals surface area contributed by atoms with E-state index in [1.54, 1.807) is 4.90 Å². The lowest BCUT2D eigenvalue weighted by molar-refractivity contribution is -0.133. The summed E-state index contributed by atoms with van der Waals surface area (Å²) >= 11 is 0. The van der Waals surface area contributed by atoms with Crippen LogP contribution in [0, 0.1) is 11.8 Å². The summed E-state index contributed by atoms with van der Waals surface area (Å²) in [7, 11) is 0. The molecule has 2 unspecified atom stereocenters. The number of fused-ring (bicyclic) bond motifs is 1. The number of piperidine rings is 1. The Labute approximate surface area is 200 Å². The van der Waals surface area contributed by atoms with Gasteiger partial charge in [0.05, 0.1) is 0 Å². The van der Waals surface area contributed by atoms with E-state index in [9.17, 15) is 14.4 Å². The SMILES string of the molecule is O=C(COC(=O)N1CCC(N2CCc3ccccc3NC2=O)CC1)N1CCC(C2CCNC2)C1. The van der Waals surface area contributed by atoms with Gasteiger partial charge in [-0.3, -0.25) is 4.79 Å². The molecule has 0 aromatic heterocycles. The number of likely N-dealkylation sites (tertiary alicyclic amines) is 2. The van der Waals surface area contributed by atoms with E-state index in [2.05, 4.69) is 10.6 Å². The van der Waals surface area contributed by atoms with Gasteiger partial charge in [0, 0.05) is 44.5 Å². The molecule has 0 spiro atoms. The van der Waals surface area contributed by atoms with Gasteiger partial charge in [0.1, 0.15) is 0 Å². The highest BCUT2D eigenvalue weighted by Gasteiger charge is 2.34. The zero-order valence-electron chi connectivity index (χ0n) is 19.7. The van der Waals surface area contributed by atoms with Crippen molar-refractivity contribution in [3.63, 3.8) is 0 Å². The summed E-state index contributed by atoms with van der Waals surface area (Å²) in [4.78, 5) is 43.3. The average Bonchev–Trinajstić information content (AvgIpc) is 3.53. The Balaban J connectivity index is 1.05. The number of amides is 4. The largest absolute Gasteiger partial charge is 0.439 e. The third-order valence-corrected chi connectivity index (χ3v) is 7.97. The Kier molecular flexibility index (Phi) is 6.89. The second-order valence-corrected chi connectivity index (χ2v) is 9.94. The molecule has 1 aromatic carbocycles. The van der Waals surface area contributed by atoms with Gasteiger partial charge in [-0.15, -0.1) is 0 Å². The molecule has 184 valence electrons. The highest BCUT2D eigenvalue weighted by atomic mass is 16.6. The lowest BCUT2D eigenvalue weighted by atomic mass is 9.91. The average molecular weight is 470 g/mol. The molecule has 4 heterocycles. The molecule has 5 rings (SSSR count). The number of urea groups is 1. The molecule has 9 heteroatoms. The minimum atomic E-state index is -0.435. The monoisotopic (exact) mass is 469 g/mol. The zero-order valence-corrected chi connectivity index (χ0v) is 19.7. The summed E-state index contributed by atoms with van der Waals surface area (Å²) in [6.07, 6.45) is 4.01. The van der Waals surface area contributed by atoms with Crippen molar-refractivity contribution in [2.24, 2.45) is 11.8 Å². The van der Waals surface area contributed by atoms with Crippen LogP contribution in [-0.4, -0.2) is 91.2 Å². The quantitative estimate of drug-likeness (QED) is 0.705. The first-order valence-electron chi connectivity index (χ1n) is 12.6. The van der Waals surface area contributed by atoms with Crippen molar-refractivity contribution in [1.29, 1.82) is 0 Å². The third kappa shape index (κ3) is 4.99. The normalized spacial score (nSPS) is 25.6. The van der Waals surface area contributed by atoms with Gasteiger partial charge in [0.25, 0.3) is 5.91 Å². The van der Waals surface area contributed by atoms with Crippen LogP contribution in [0.1, 0.15) is 31.2 Å². The molecule has 34 heavy (non-hydrogen) atoms. The van der Waals surface area contributed by atoms with Gasteiger partial charge in [-0.05, 0) is 68.7 Å². The number of rotatable bonds is 4. The lowest BCUT2D eigenvalue weighted by Crippen LogP contribution is -2.50. The van der Waals surface area contributed by atoms with Gasteiger partial charge in [-0.1, -0.05) is 18.2 Å². The zero-order chi connectivity index (χ0) is 23.5. The number of para-hydroxylation sites is 1. The summed E-state index contributed by atoms with van der Waals surface area (Å²) in [5.41, 5.74) is 2.03. The van der Waals surface area contributed by atoms with Crippen LogP contribution in [0.3, 0.4) is 0 Å². The van der Waals surface area contributed by atoms with E-state index in [1.165, 1.54) is 6.42 Å². The maximum atomic E-state index is 12.8. The van der Waals surface area contributed by atoms with Crippen LogP contribution in [0.2, 0.25) is 0 Å². The van der Waals surface area contributed by atoms with E-state index < -0.39 is 6.09 Å². The predicted molar refractivity (Wildman–Crippen MR) is 127 cm³/mol. The second-order valence-electron chi connectivity index (χ2n) is 9.94. The molecule has 3 fully saturated rings. The summed E-state index contributed by atoms with van der Waals surface area (Å²) in [5, 5.41) is 6.42. The van der Waals surface area contributed by atoms with Crippen LogP contribution in [0.4, 0.5) is 15.3 Å². The van der Waals surface area contributed by atoms with Gasteiger partial charge in [-0.2, -0.15) is 0 Å². The first-order valence-corrected chi connectivity index (χ1v) is 12.6. The van der Waals surface area contributed by atoms with Crippen molar-refractivity contribution >= 4 is 23.7 Å². The maximum absolute atomic E-state index is 12.8. The van der Waals surface area contributed by atoms with E-state index in [-0.39, 0.29) is 24.6 Å². The van der Waals surface area contributed by atoms with E-state index in [1.807, 2.05) is 34.1 Å². The Morgan fingerprint density at radius 1 is 0.971 bits per heavy atom. The fourth-order valence-corrected chi connectivity index (χ4v) is 5.88.